The number of carbonyl (C=O) groups excluding carboxylic acids is 1. The van der Waals surface area contributed by atoms with Gasteiger partial charge in [-0.15, -0.1) is 0 Å². The summed E-state index contributed by atoms with van der Waals surface area (Å²) < 4.78 is 13.9. The minimum absolute atomic E-state index is 0.00321. The maximum atomic E-state index is 13.0. The first-order valence-electron chi connectivity index (χ1n) is 7.84. The molecule has 0 N–H and O–H groups in total. The van der Waals surface area contributed by atoms with Crippen LogP contribution in [0.15, 0.2) is 65.3 Å². The van der Waals surface area contributed by atoms with Crippen molar-refractivity contribution in [1.82, 2.24) is 4.90 Å². The number of benzene rings is 2. The summed E-state index contributed by atoms with van der Waals surface area (Å²) in [7, 11) is 0. The van der Waals surface area contributed by atoms with Gasteiger partial charge in [0, 0.05) is 54.2 Å². The van der Waals surface area contributed by atoms with E-state index < -0.39 is 0 Å². The molecule has 3 nitrogen and oxygen atoms in total. The van der Waals surface area contributed by atoms with Crippen LogP contribution in [0.25, 0.3) is 0 Å². The second kappa shape index (κ2) is 7.62. The van der Waals surface area contributed by atoms with Crippen LogP contribution in [0.1, 0.15) is 10.4 Å². The van der Waals surface area contributed by atoms with Gasteiger partial charge in [-0.1, -0.05) is 15.9 Å². The van der Waals surface area contributed by atoms with Crippen molar-refractivity contribution in [3.05, 3.63) is 76.7 Å². The molecule has 0 saturated carbocycles. The van der Waals surface area contributed by atoms with Gasteiger partial charge in [0.1, 0.15) is 5.82 Å². The number of hydrogen-bond donors (Lipinski definition) is 0. The number of hydrogen-bond acceptors (Lipinski definition) is 3. The molecule has 0 unspecified atom stereocenters. The van der Waals surface area contributed by atoms with E-state index in [0.29, 0.717) is 5.56 Å². The molecule has 1 aliphatic rings. The minimum Gasteiger partial charge on any atom is -0.374 e. The zero-order valence-corrected chi connectivity index (χ0v) is 14.7. The van der Waals surface area contributed by atoms with E-state index in [0.717, 1.165) is 36.3 Å². The Morgan fingerprint density at radius 2 is 1.58 bits per heavy atom. The number of ketones is 1. The van der Waals surface area contributed by atoms with Crippen molar-refractivity contribution >= 4 is 27.4 Å². The lowest BCUT2D eigenvalue weighted by Crippen LogP contribution is -2.44. The lowest BCUT2D eigenvalue weighted by atomic mass is 10.1. The van der Waals surface area contributed by atoms with Crippen molar-refractivity contribution < 1.29 is 9.18 Å². The summed E-state index contributed by atoms with van der Waals surface area (Å²) >= 11 is 3.36. The van der Waals surface area contributed by atoms with Crippen molar-refractivity contribution in [3.8, 4) is 0 Å². The van der Waals surface area contributed by atoms with E-state index >= 15 is 0 Å². The molecule has 24 heavy (non-hydrogen) atoms. The lowest BCUT2D eigenvalue weighted by molar-refractivity contribution is 0.104. The molecule has 1 fully saturated rings. The molecule has 5 heteroatoms. The van der Waals surface area contributed by atoms with Crippen molar-refractivity contribution in [2.24, 2.45) is 0 Å². The molecule has 0 spiro atoms. The fourth-order valence-electron chi connectivity index (χ4n) is 2.66. The van der Waals surface area contributed by atoms with Crippen LogP contribution in [0, 0.1) is 5.82 Å². The topological polar surface area (TPSA) is 23.6 Å². The van der Waals surface area contributed by atoms with Crippen molar-refractivity contribution in [2.45, 2.75) is 0 Å². The Labute approximate surface area is 149 Å². The Morgan fingerprint density at radius 3 is 2.21 bits per heavy atom. The molecule has 0 aliphatic carbocycles. The van der Waals surface area contributed by atoms with Crippen LogP contribution in [0.3, 0.4) is 0 Å². The zero-order valence-electron chi connectivity index (χ0n) is 13.2. The summed E-state index contributed by atoms with van der Waals surface area (Å²) in [6, 6.07) is 13.9. The molecule has 124 valence electrons. The molecule has 2 aromatic carbocycles. The van der Waals surface area contributed by atoms with E-state index in [9.17, 15) is 9.18 Å². The van der Waals surface area contributed by atoms with Gasteiger partial charge in [0.2, 0.25) is 0 Å². The highest BCUT2D eigenvalue weighted by Gasteiger charge is 2.15. The largest absolute Gasteiger partial charge is 0.374 e. The van der Waals surface area contributed by atoms with Gasteiger partial charge in [0.25, 0.3) is 0 Å². The minimum atomic E-state index is -0.216. The standard InChI is InChI=1S/C19H18BrFN2O/c20-16-3-1-15(2-4-16)19(24)9-10-22-11-13-23(14-12-22)18-7-5-17(21)6-8-18/h1-10H,11-14H2. The van der Waals surface area contributed by atoms with Gasteiger partial charge in [-0.05, 0) is 48.5 Å². The van der Waals surface area contributed by atoms with Crippen LogP contribution in [0.2, 0.25) is 0 Å². The third kappa shape index (κ3) is 4.23. The molecule has 0 bridgehead atoms. The summed E-state index contributed by atoms with van der Waals surface area (Å²) in [5.74, 6) is -0.213. The Hall–Kier alpha value is -2.14. The van der Waals surface area contributed by atoms with E-state index in [1.165, 1.54) is 12.1 Å². The molecular weight excluding hydrogens is 371 g/mol. The SMILES string of the molecule is O=C(C=CN1CCN(c2ccc(F)cc2)CC1)c1ccc(Br)cc1. The number of carbonyl (C=O) groups is 1. The van der Waals surface area contributed by atoms with Crippen LogP contribution in [0.5, 0.6) is 0 Å². The monoisotopic (exact) mass is 388 g/mol. The Balaban J connectivity index is 1.54. The quantitative estimate of drug-likeness (QED) is 0.581. The van der Waals surface area contributed by atoms with E-state index in [1.54, 1.807) is 18.2 Å². The average Bonchev–Trinajstić information content (AvgIpc) is 2.61. The summed E-state index contributed by atoms with van der Waals surface area (Å²) in [6.45, 7) is 3.37. The number of nitrogens with zero attached hydrogens (tertiary/aromatic N) is 2. The van der Waals surface area contributed by atoms with Gasteiger partial charge in [-0.3, -0.25) is 4.79 Å². The van der Waals surface area contributed by atoms with Crippen LogP contribution in [0.4, 0.5) is 10.1 Å². The van der Waals surface area contributed by atoms with Gasteiger partial charge >= 0.3 is 0 Å². The molecule has 3 rings (SSSR count). The number of rotatable bonds is 4. The average molecular weight is 389 g/mol. The molecule has 2 aromatic rings. The third-order valence-electron chi connectivity index (χ3n) is 4.07. The normalized spacial score (nSPS) is 15.1. The van der Waals surface area contributed by atoms with Crippen molar-refractivity contribution in [1.29, 1.82) is 0 Å². The van der Waals surface area contributed by atoms with Gasteiger partial charge in [-0.25, -0.2) is 4.39 Å². The van der Waals surface area contributed by atoms with E-state index in [-0.39, 0.29) is 11.6 Å². The van der Waals surface area contributed by atoms with Gasteiger partial charge in [0.15, 0.2) is 5.78 Å². The lowest BCUT2D eigenvalue weighted by Gasteiger charge is -2.35. The van der Waals surface area contributed by atoms with E-state index in [2.05, 4.69) is 25.7 Å². The van der Waals surface area contributed by atoms with Gasteiger partial charge in [0.05, 0.1) is 0 Å². The van der Waals surface area contributed by atoms with Crippen LogP contribution >= 0.6 is 15.9 Å². The predicted octanol–water partition coefficient (Wildman–Crippen LogP) is 4.11. The maximum absolute atomic E-state index is 13.0. The molecule has 0 atom stereocenters. The zero-order chi connectivity index (χ0) is 16.9. The molecule has 1 heterocycles. The van der Waals surface area contributed by atoms with E-state index in [4.69, 9.17) is 0 Å². The fourth-order valence-corrected chi connectivity index (χ4v) is 2.93. The summed E-state index contributed by atoms with van der Waals surface area (Å²) in [5.41, 5.74) is 1.71. The summed E-state index contributed by atoms with van der Waals surface area (Å²) in [5, 5.41) is 0. The molecule has 0 radical (unpaired) electrons. The first-order chi connectivity index (χ1) is 11.6. The van der Waals surface area contributed by atoms with E-state index in [1.807, 2.05) is 30.5 Å². The summed E-state index contributed by atoms with van der Waals surface area (Å²) in [6.07, 6.45) is 3.49. The number of allylic oxidation sites excluding steroid dienone is 1. The fraction of sp³-hybridized carbons (Fsp3) is 0.211. The van der Waals surface area contributed by atoms with Crippen LogP contribution in [-0.2, 0) is 0 Å². The Bertz CT molecular complexity index is 720. The van der Waals surface area contributed by atoms with Crippen molar-refractivity contribution in [2.75, 3.05) is 31.1 Å². The maximum Gasteiger partial charge on any atom is 0.187 e. The van der Waals surface area contributed by atoms with Crippen LogP contribution < -0.4 is 4.90 Å². The Morgan fingerprint density at radius 1 is 0.958 bits per heavy atom. The highest BCUT2D eigenvalue weighted by Crippen LogP contribution is 2.17. The first kappa shape index (κ1) is 16.7. The summed E-state index contributed by atoms with van der Waals surface area (Å²) in [4.78, 5) is 16.5. The third-order valence-corrected chi connectivity index (χ3v) is 4.60. The highest BCUT2D eigenvalue weighted by atomic mass is 79.9. The Kier molecular flexibility index (Phi) is 5.30. The van der Waals surface area contributed by atoms with Crippen molar-refractivity contribution in [3.63, 3.8) is 0 Å². The number of piperazine rings is 1. The molecule has 1 aliphatic heterocycles. The number of anilines is 1. The van der Waals surface area contributed by atoms with Crippen LogP contribution in [-0.4, -0.2) is 36.9 Å². The predicted molar refractivity (Wildman–Crippen MR) is 97.8 cm³/mol. The van der Waals surface area contributed by atoms with Gasteiger partial charge in [-0.2, -0.15) is 0 Å². The first-order valence-corrected chi connectivity index (χ1v) is 8.64. The molecule has 0 aromatic heterocycles. The molecule has 1 saturated heterocycles. The molecule has 0 amide bonds. The number of halogens is 2. The smallest absolute Gasteiger partial charge is 0.187 e. The van der Waals surface area contributed by atoms with Gasteiger partial charge < -0.3 is 9.80 Å². The second-order valence-corrected chi connectivity index (χ2v) is 6.60. The second-order valence-electron chi connectivity index (χ2n) is 5.69. The highest BCUT2D eigenvalue weighted by molar-refractivity contribution is 9.10. The molecular formula is C19H18BrFN2O.